The van der Waals surface area contributed by atoms with Gasteiger partial charge >= 0.3 is 0 Å². The molecule has 4 unspecified atom stereocenters. The molecule has 184 valence electrons. The monoisotopic (exact) mass is 480 g/mol. The minimum absolute atomic E-state index is 0.0111. The number of halogens is 4. The Morgan fingerprint density at radius 1 is 0.857 bits per heavy atom. The highest BCUT2D eigenvalue weighted by Crippen LogP contribution is 2.48. The molecule has 2 aliphatic rings. The van der Waals surface area contributed by atoms with Crippen LogP contribution in [0.25, 0.3) is 0 Å². The van der Waals surface area contributed by atoms with Crippen molar-refractivity contribution in [1.82, 2.24) is 0 Å². The molecule has 2 fully saturated rings. The lowest BCUT2D eigenvalue weighted by Crippen LogP contribution is -2.30. The maximum atomic E-state index is 14.9. The van der Waals surface area contributed by atoms with E-state index in [0.717, 1.165) is 44.2 Å². The first-order valence-electron chi connectivity index (χ1n) is 12.6. The molecule has 0 nitrogen and oxygen atoms in total. The summed E-state index contributed by atoms with van der Waals surface area (Å²) in [4.78, 5) is 0. The van der Waals surface area contributed by atoms with E-state index in [1.54, 1.807) is 0 Å². The van der Waals surface area contributed by atoms with E-state index in [2.05, 4.69) is 24.5 Å². The summed E-state index contributed by atoms with van der Waals surface area (Å²) in [6, 6.07) is 5.01. The molecule has 0 aromatic heterocycles. The quantitative estimate of drug-likeness (QED) is 0.228. The van der Waals surface area contributed by atoms with Gasteiger partial charge in [-0.3, -0.25) is 0 Å². The van der Waals surface area contributed by atoms with Crippen molar-refractivity contribution in [3.05, 3.63) is 94.6 Å². The standard InChI is InChI=1S/C31H32F4/c1-3-5-6-7-26-28(32)15-21(16-29(26)33)9-13-27-30(34)18-25(19-31(27)35)24-12-11-22-14-20(4-2)8-10-23(22)17-24/h3-5,15-16,18-20,22-24H,2,6-8,10-12,14,17H2,1H3/b5-3+. The van der Waals surface area contributed by atoms with Crippen LogP contribution >= 0.6 is 0 Å². The smallest absolute Gasteiger partial charge is 0.142 e. The van der Waals surface area contributed by atoms with Crippen LogP contribution in [0.1, 0.15) is 80.0 Å². The van der Waals surface area contributed by atoms with Crippen LogP contribution in [0, 0.1) is 52.9 Å². The van der Waals surface area contributed by atoms with Gasteiger partial charge in [0.15, 0.2) is 0 Å². The molecule has 0 amide bonds. The number of rotatable bonds is 5. The summed E-state index contributed by atoms with van der Waals surface area (Å²) in [5.74, 6) is 4.14. The van der Waals surface area contributed by atoms with Gasteiger partial charge in [-0.25, -0.2) is 17.6 Å². The molecule has 2 aliphatic carbocycles. The van der Waals surface area contributed by atoms with E-state index in [1.807, 2.05) is 19.1 Å². The van der Waals surface area contributed by atoms with Gasteiger partial charge in [-0.1, -0.05) is 30.1 Å². The number of hydrogen-bond donors (Lipinski definition) is 0. The van der Waals surface area contributed by atoms with Crippen molar-refractivity contribution < 1.29 is 17.6 Å². The summed E-state index contributed by atoms with van der Waals surface area (Å²) in [7, 11) is 0. The molecule has 0 saturated heterocycles. The SMILES string of the molecule is C=CC1CCC2CC(c3cc(F)c(C#Cc4cc(F)c(CC/C=C/C)c(F)c4)c(F)c3)CCC2C1. The zero-order chi connectivity index (χ0) is 24.9. The Morgan fingerprint density at radius 2 is 1.51 bits per heavy atom. The largest absolute Gasteiger partial charge is 0.207 e. The van der Waals surface area contributed by atoms with Crippen LogP contribution < -0.4 is 0 Å². The third-order valence-corrected chi connectivity index (χ3v) is 7.79. The van der Waals surface area contributed by atoms with Crippen molar-refractivity contribution in [2.45, 2.75) is 64.2 Å². The van der Waals surface area contributed by atoms with Crippen LogP contribution in [0.15, 0.2) is 49.1 Å². The molecule has 0 N–H and O–H groups in total. The summed E-state index contributed by atoms with van der Waals surface area (Å²) >= 11 is 0. The van der Waals surface area contributed by atoms with Gasteiger partial charge in [0.1, 0.15) is 23.3 Å². The first-order valence-corrected chi connectivity index (χ1v) is 12.6. The maximum absolute atomic E-state index is 14.9. The molecule has 0 aliphatic heterocycles. The van der Waals surface area contributed by atoms with E-state index < -0.39 is 23.3 Å². The van der Waals surface area contributed by atoms with Crippen LogP contribution in [0.5, 0.6) is 0 Å². The van der Waals surface area contributed by atoms with Gasteiger partial charge in [0.25, 0.3) is 0 Å². The molecular formula is C31H32F4. The number of allylic oxidation sites excluding steroid dienone is 3. The summed E-state index contributed by atoms with van der Waals surface area (Å²) in [6.45, 7) is 5.78. The predicted octanol–water partition coefficient (Wildman–Crippen LogP) is 8.64. The highest BCUT2D eigenvalue weighted by Gasteiger charge is 2.35. The third-order valence-electron chi connectivity index (χ3n) is 7.79. The second-order valence-corrected chi connectivity index (χ2v) is 9.97. The zero-order valence-corrected chi connectivity index (χ0v) is 20.2. The Hall–Kier alpha value is -2.80. The summed E-state index contributed by atoms with van der Waals surface area (Å²) < 4.78 is 58.5. The van der Waals surface area contributed by atoms with Crippen molar-refractivity contribution in [3.63, 3.8) is 0 Å². The Balaban J connectivity index is 1.49. The molecule has 4 atom stereocenters. The van der Waals surface area contributed by atoms with Crippen LogP contribution in [0.4, 0.5) is 17.6 Å². The second kappa shape index (κ2) is 11.3. The van der Waals surface area contributed by atoms with Crippen LogP contribution in [-0.4, -0.2) is 0 Å². The fraction of sp³-hybridized carbons (Fsp3) is 0.419. The molecule has 0 bridgehead atoms. The molecule has 2 saturated carbocycles. The van der Waals surface area contributed by atoms with Gasteiger partial charge < -0.3 is 0 Å². The van der Waals surface area contributed by atoms with Crippen molar-refractivity contribution in [2.75, 3.05) is 0 Å². The maximum Gasteiger partial charge on any atom is 0.142 e. The third kappa shape index (κ3) is 5.89. The molecule has 4 rings (SSSR count). The highest BCUT2D eigenvalue weighted by atomic mass is 19.1. The van der Waals surface area contributed by atoms with Crippen LogP contribution in [0.2, 0.25) is 0 Å². The van der Waals surface area contributed by atoms with Gasteiger partial charge in [-0.05, 0) is 112 Å². The fourth-order valence-electron chi connectivity index (χ4n) is 5.83. The molecule has 0 radical (unpaired) electrons. The van der Waals surface area contributed by atoms with Crippen molar-refractivity contribution >= 4 is 0 Å². The normalized spacial score (nSPS) is 24.0. The molecule has 0 spiro atoms. The summed E-state index contributed by atoms with van der Waals surface area (Å²) in [5, 5.41) is 0. The fourth-order valence-corrected chi connectivity index (χ4v) is 5.83. The second-order valence-electron chi connectivity index (χ2n) is 9.97. The van der Waals surface area contributed by atoms with Gasteiger partial charge in [-0.2, -0.15) is 0 Å². The lowest BCUT2D eigenvalue weighted by molar-refractivity contribution is 0.133. The van der Waals surface area contributed by atoms with E-state index in [4.69, 9.17) is 0 Å². The Labute approximate surface area is 206 Å². The van der Waals surface area contributed by atoms with Crippen molar-refractivity contribution in [2.24, 2.45) is 17.8 Å². The van der Waals surface area contributed by atoms with Crippen molar-refractivity contribution in [1.29, 1.82) is 0 Å². The van der Waals surface area contributed by atoms with E-state index >= 15 is 0 Å². The van der Waals surface area contributed by atoms with E-state index in [-0.39, 0.29) is 29.0 Å². The summed E-state index contributed by atoms with van der Waals surface area (Å²) in [5.41, 5.74) is 0.346. The Morgan fingerprint density at radius 3 is 2.17 bits per heavy atom. The van der Waals surface area contributed by atoms with Crippen LogP contribution in [0.3, 0.4) is 0 Å². The molecular weight excluding hydrogens is 448 g/mol. The van der Waals surface area contributed by atoms with Gasteiger partial charge in [0, 0.05) is 11.1 Å². The predicted molar refractivity (Wildman–Crippen MR) is 133 cm³/mol. The average molecular weight is 481 g/mol. The van der Waals surface area contributed by atoms with Crippen LogP contribution in [-0.2, 0) is 6.42 Å². The average Bonchev–Trinajstić information content (AvgIpc) is 2.84. The minimum Gasteiger partial charge on any atom is -0.207 e. The first-order chi connectivity index (χ1) is 16.9. The molecule has 4 heteroatoms. The number of hydrogen-bond acceptors (Lipinski definition) is 0. The first kappa shape index (κ1) is 25.3. The Kier molecular flexibility index (Phi) is 8.16. The van der Waals surface area contributed by atoms with Gasteiger partial charge in [-0.15, -0.1) is 6.58 Å². The molecule has 35 heavy (non-hydrogen) atoms. The van der Waals surface area contributed by atoms with E-state index in [9.17, 15) is 17.6 Å². The van der Waals surface area contributed by atoms with E-state index in [1.165, 1.54) is 18.6 Å². The lowest BCUT2D eigenvalue weighted by Gasteiger charge is -2.41. The lowest BCUT2D eigenvalue weighted by atomic mass is 9.64. The molecule has 0 heterocycles. The number of benzene rings is 2. The summed E-state index contributed by atoms with van der Waals surface area (Å²) in [6.07, 6.45) is 12.9. The minimum atomic E-state index is -0.728. The van der Waals surface area contributed by atoms with Gasteiger partial charge in [0.2, 0.25) is 0 Å². The van der Waals surface area contributed by atoms with Gasteiger partial charge in [0.05, 0.1) is 5.56 Å². The molecule has 2 aromatic carbocycles. The van der Waals surface area contributed by atoms with Crippen molar-refractivity contribution in [3.8, 4) is 11.8 Å². The highest BCUT2D eigenvalue weighted by molar-refractivity contribution is 5.46. The number of fused-ring (bicyclic) bond motifs is 1. The molecule has 2 aromatic rings. The topological polar surface area (TPSA) is 0 Å². The van der Waals surface area contributed by atoms with E-state index in [0.29, 0.717) is 29.7 Å². The Bertz CT molecular complexity index is 1120. The zero-order valence-electron chi connectivity index (χ0n) is 20.2.